The average Bonchev–Trinajstić information content (AvgIpc) is 3.12. The van der Waals surface area contributed by atoms with Crippen molar-refractivity contribution < 1.29 is 9.90 Å². The number of rotatable bonds is 5. The van der Waals surface area contributed by atoms with E-state index in [0.29, 0.717) is 31.9 Å². The molecule has 2 aromatic heterocycles. The van der Waals surface area contributed by atoms with Gasteiger partial charge in [0.25, 0.3) is 0 Å². The quantitative estimate of drug-likeness (QED) is 0.855. The summed E-state index contributed by atoms with van der Waals surface area (Å²) in [4.78, 5) is 22.9. The minimum Gasteiger partial charge on any atom is -0.479 e. The highest BCUT2D eigenvalue weighted by Gasteiger charge is 2.44. The second-order valence-electron chi connectivity index (χ2n) is 6.66. The van der Waals surface area contributed by atoms with Crippen LogP contribution < -0.4 is 10.2 Å². The monoisotopic (exact) mass is 344 g/mol. The lowest BCUT2D eigenvalue weighted by Crippen LogP contribution is -2.51. The molecule has 2 N–H and O–H groups in total. The third-order valence-corrected chi connectivity index (χ3v) is 4.81. The Kier molecular flexibility index (Phi) is 4.61. The fourth-order valence-corrected chi connectivity index (χ4v) is 3.14. The SMILES string of the molecule is CNc1ccnc(N2CCC(C(=O)O)(n3ccc(C(C)C)n3)CC2)n1. The predicted molar refractivity (Wildman–Crippen MR) is 95.0 cm³/mol. The minimum atomic E-state index is -1.01. The number of nitrogens with one attached hydrogen (secondary N) is 1. The second-order valence-corrected chi connectivity index (χ2v) is 6.66. The van der Waals surface area contributed by atoms with Gasteiger partial charge in [0, 0.05) is 45.4 Å². The fourth-order valence-electron chi connectivity index (χ4n) is 3.14. The summed E-state index contributed by atoms with van der Waals surface area (Å²) in [5.41, 5.74) is -0.0994. The Morgan fingerprint density at radius 3 is 2.60 bits per heavy atom. The van der Waals surface area contributed by atoms with E-state index in [0.717, 1.165) is 11.5 Å². The summed E-state index contributed by atoms with van der Waals surface area (Å²) in [6, 6.07) is 3.70. The predicted octanol–water partition coefficient (Wildman–Crippen LogP) is 1.92. The molecule has 0 atom stereocenters. The molecule has 0 aromatic carbocycles. The van der Waals surface area contributed by atoms with Crippen molar-refractivity contribution in [2.24, 2.45) is 0 Å². The number of piperidine rings is 1. The van der Waals surface area contributed by atoms with Crippen molar-refractivity contribution in [3.8, 4) is 0 Å². The maximum absolute atomic E-state index is 12.1. The number of hydrogen-bond acceptors (Lipinski definition) is 6. The van der Waals surface area contributed by atoms with Gasteiger partial charge in [-0.1, -0.05) is 13.8 Å². The summed E-state index contributed by atoms with van der Waals surface area (Å²) in [6.45, 7) is 5.23. The molecule has 134 valence electrons. The molecule has 1 saturated heterocycles. The molecule has 0 aliphatic carbocycles. The van der Waals surface area contributed by atoms with E-state index in [1.807, 2.05) is 18.0 Å². The molecule has 3 heterocycles. The maximum Gasteiger partial charge on any atom is 0.331 e. The molecule has 8 nitrogen and oxygen atoms in total. The van der Waals surface area contributed by atoms with Crippen molar-refractivity contribution in [3.63, 3.8) is 0 Å². The van der Waals surface area contributed by atoms with E-state index in [2.05, 4.69) is 34.2 Å². The third kappa shape index (κ3) is 3.16. The van der Waals surface area contributed by atoms with Crippen LogP contribution in [0, 0.1) is 0 Å². The highest BCUT2D eigenvalue weighted by atomic mass is 16.4. The van der Waals surface area contributed by atoms with E-state index in [1.165, 1.54) is 0 Å². The largest absolute Gasteiger partial charge is 0.479 e. The van der Waals surface area contributed by atoms with Crippen LogP contribution in [-0.4, -0.2) is 51.0 Å². The Morgan fingerprint density at radius 1 is 1.32 bits per heavy atom. The molecule has 3 rings (SSSR count). The van der Waals surface area contributed by atoms with Gasteiger partial charge in [0.2, 0.25) is 5.95 Å². The topological polar surface area (TPSA) is 96.2 Å². The molecule has 0 bridgehead atoms. The van der Waals surface area contributed by atoms with Crippen molar-refractivity contribution in [1.29, 1.82) is 0 Å². The molecule has 0 amide bonds. The lowest BCUT2D eigenvalue weighted by Gasteiger charge is -2.39. The van der Waals surface area contributed by atoms with Crippen LogP contribution in [0.2, 0.25) is 0 Å². The van der Waals surface area contributed by atoms with Crippen LogP contribution in [0.1, 0.15) is 38.3 Å². The zero-order chi connectivity index (χ0) is 18.0. The van der Waals surface area contributed by atoms with E-state index < -0.39 is 11.5 Å². The standard InChI is InChI=1S/C17H24N6O2/c1-12(2)13-5-9-23(21-13)17(15(24)25)6-10-22(11-7-17)16-19-8-4-14(18-3)20-16/h4-5,8-9,12H,6-7,10-11H2,1-3H3,(H,24,25)(H,18,19,20). The van der Waals surface area contributed by atoms with Gasteiger partial charge in [-0.05, 0) is 18.1 Å². The smallest absolute Gasteiger partial charge is 0.331 e. The van der Waals surface area contributed by atoms with Crippen molar-refractivity contribution >= 4 is 17.7 Å². The number of hydrogen-bond donors (Lipinski definition) is 2. The van der Waals surface area contributed by atoms with Crippen LogP contribution in [0.15, 0.2) is 24.5 Å². The van der Waals surface area contributed by atoms with Gasteiger partial charge in [-0.3, -0.25) is 4.68 Å². The molecule has 0 spiro atoms. The average molecular weight is 344 g/mol. The number of anilines is 2. The third-order valence-electron chi connectivity index (χ3n) is 4.81. The zero-order valence-electron chi connectivity index (χ0n) is 14.8. The van der Waals surface area contributed by atoms with Gasteiger partial charge in [0.05, 0.1) is 5.69 Å². The molecule has 0 radical (unpaired) electrons. The highest BCUT2D eigenvalue weighted by Crippen LogP contribution is 2.32. The Morgan fingerprint density at radius 2 is 2.04 bits per heavy atom. The Hall–Kier alpha value is -2.64. The molecule has 1 aliphatic rings. The molecule has 1 fully saturated rings. The van der Waals surface area contributed by atoms with Crippen LogP contribution in [0.25, 0.3) is 0 Å². The van der Waals surface area contributed by atoms with Crippen LogP contribution in [-0.2, 0) is 10.3 Å². The number of carboxylic acid groups (broad SMARTS) is 1. The normalized spacial score (nSPS) is 16.9. The van der Waals surface area contributed by atoms with Crippen LogP contribution in [0.3, 0.4) is 0 Å². The molecular weight excluding hydrogens is 320 g/mol. The summed E-state index contributed by atoms with van der Waals surface area (Å²) >= 11 is 0. The van der Waals surface area contributed by atoms with E-state index in [1.54, 1.807) is 23.1 Å². The van der Waals surface area contributed by atoms with Gasteiger partial charge in [-0.2, -0.15) is 10.1 Å². The van der Waals surface area contributed by atoms with Crippen LogP contribution >= 0.6 is 0 Å². The molecule has 2 aromatic rings. The van der Waals surface area contributed by atoms with Crippen molar-refractivity contribution in [1.82, 2.24) is 19.7 Å². The first-order chi connectivity index (χ1) is 12.0. The molecule has 25 heavy (non-hydrogen) atoms. The maximum atomic E-state index is 12.1. The molecular formula is C17H24N6O2. The lowest BCUT2D eigenvalue weighted by molar-refractivity contribution is -0.149. The van der Waals surface area contributed by atoms with Crippen LogP contribution in [0.5, 0.6) is 0 Å². The zero-order valence-corrected chi connectivity index (χ0v) is 14.8. The number of nitrogens with zero attached hydrogens (tertiary/aromatic N) is 5. The molecule has 0 saturated carbocycles. The molecule has 0 unspecified atom stereocenters. The first-order valence-corrected chi connectivity index (χ1v) is 8.51. The summed E-state index contributed by atoms with van der Waals surface area (Å²) in [5.74, 6) is 0.795. The van der Waals surface area contributed by atoms with Crippen molar-refractivity contribution in [2.75, 3.05) is 30.4 Å². The van der Waals surface area contributed by atoms with Gasteiger partial charge in [-0.15, -0.1) is 0 Å². The van der Waals surface area contributed by atoms with Crippen molar-refractivity contribution in [2.45, 2.75) is 38.1 Å². The summed E-state index contributed by atoms with van der Waals surface area (Å²) in [6.07, 6.45) is 4.40. The molecule has 1 aliphatic heterocycles. The van der Waals surface area contributed by atoms with Crippen LogP contribution in [0.4, 0.5) is 11.8 Å². The minimum absolute atomic E-state index is 0.268. The summed E-state index contributed by atoms with van der Waals surface area (Å²) < 4.78 is 1.63. The summed E-state index contributed by atoms with van der Waals surface area (Å²) in [7, 11) is 1.81. The second kappa shape index (κ2) is 6.70. The molecule has 8 heteroatoms. The highest BCUT2D eigenvalue weighted by molar-refractivity contribution is 5.77. The first-order valence-electron chi connectivity index (χ1n) is 8.51. The van der Waals surface area contributed by atoms with E-state index in [-0.39, 0.29) is 5.92 Å². The van der Waals surface area contributed by atoms with Gasteiger partial charge >= 0.3 is 5.97 Å². The Bertz CT molecular complexity index is 749. The number of aromatic nitrogens is 4. The Balaban J connectivity index is 1.81. The lowest BCUT2D eigenvalue weighted by atomic mass is 9.88. The first kappa shape index (κ1) is 17.2. The number of carboxylic acids is 1. The van der Waals surface area contributed by atoms with E-state index >= 15 is 0 Å². The summed E-state index contributed by atoms with van der Waals surface area (Å²) in [5, 5.41) is 17.4. The number of carbonyl (C=O) groups is 1. The van der Waals surface area contributed by atoms with Crippen molar-refractivity contribution in [3.05, 3.63) is 30.2 Å². The van der Waals surface area contributed by atoms with Gasteiger partial charge in [0.15, 0.2) is 5.54 Å². The van der Waals surface area contributed by atoms with Gasteiger partial charge in [0.1, 0.15) is 5.82 Å². The van der Waals surface area contributed by atoms with E-state index in [9.17, 15) is 9.90 Å². The van der Waals surface area contributed by atoms with Gasteiger partial charge in [-0.25, -0.2) is 9.78 Å². The fraction of sp³-hybridized carbons (Fsp3) is 0.529. The van der Waals surface area contributed by atoms with E-state index in [4.69, 9.17) is 0 Å². The Labute approximate surface area is 146 Å². The number of aliphatic carboxylic acids is 1. The van der Waals surface area contributed by atoms with Gasteiger partial charge < -0.3 is 15.3 Å².